The maximum absolute atomic E-state index is 2.55. The molecule has 2 aliphatic carbocycles. The molecule has 0 aromatic heterocycles. The van der Waals surface area contributed by atoms with E-state index in [-0.39, 0.29) is 22.4 Å². The van der Waals surface area contributed by atoms with Crippen LogP contribution in [-0.2, 0) is 22.4 Å². The van der Waals surface area contributed by atoms with E-state index in [4.69, 9.17) is 0 Å². The molecule has 0 radical (unpaired) electrons. The summed E-state index contributed by atoms with van der Waals surface area (Å²) in [5, 5.41) is 0. The van der Waals surface area contributed by atoms with Crippen molar-refractivity contribution in [3.63, 3.8) is 0 Å². The Kier molecular flexibility index (Phi) is 3.92. The molecule has 2 heteroatoms. The minimum absolute atomic E-state index is 0.366. The van der Waals surface area contributed by atoms with Crippen molar-refractivity contribution < 1.29 is 22.4 Å². The summed E-state index contributed by atoms with van der Waals surface area (Å²) in [7, 11) is 0. The monoisotopic (exact) mass is 378 g/mol. The van der Waals surface area contributed by atoms with Crippen LogP contribution in [0.2, 0.25) is 13.1 Å². The maximum atomic E-state index is 2.55. The van der Waals surface area contributed by atoms with Crippen molar-refractivity contribution in [1.29, 1.82) is 0 Å². The molecule has 108 valence electrons. The Hall–Kier alpha value is -0.980. The second-order valence-corrected chi connectivity index (χ2v) is 21.2. The van der Waals surface area contributed by atoms with E-state index in [2.05, 4.69) is 79.9 Å². The van der Waals surface area contributed by atoms with E-state index in [9.17, 15) is 0 Å². The normalized spacial score (nSPS) is 21.7. The van der Waals surface area contributed by atoms with Gasteiger partial charge in [-0.15, -0.1) is 0 Å². The van der Waals surface area contributed by atoms with E-state index in [1.807, 2.05) is 3.28 Å². The number of hydrogen-bond acceptors (Lipinski definition) is 0. The van der Waals surface area contributed by atoms with Crippen LogP contribution in [0.15, 0.2) is 57.9 Å². The second kappa shape index (κ2) is 5.91. The van der Waals surface area contributed by atoms with Crippen LogP contribution < -0.4 is 0 Å². The number of hydrogen-bond donors (Lipinski definition) is 0. The van der Waals surface area contributed by atoms with Crippen LogP contribution in [0.25, 0.3) is 12.2 Å². The van der Waals surface area contributed by atoms with Crippen LogP contribution in [0.5, 0.6) is 0 Å². The second-order valence-electron chi connectivity index (χ2n) is 6.52. The predicted octanol–water partition coefficient (Wildman–Crippen LogP) is 5.00. The standard InChI is InChI=1S/C18H13.C2H7Si.Zr/c1-3-7-15-13(5-1)9-11-17(15)18-12-10-14-6-2-4-8-16(14)18;1-3-2;/h1-11,17-18H;3H,1-2H3;. The molecule has 0 fully saturated rings. The molecule has 22 heavy (non-hydrogen) atoms. The third-order valence-corrected chi connectivity index (χ3v) is 13.4. The molecule has 2 atom stereocenters. The van der Waals surface area contributed by atoms with Crippen LogP contribution in [0.3, 0.4) is 0 Å². The van der Waals surface area contributed by atoms with Gasteiger partial charge in [0, 0.05) is 0 Å². The Morgan fingerprint density at radius 3 is 2.32 bits per heavy atom. The SMILES string of the molecule is C[SiH](C)[Zr][C]1=Cc2ccccc2C1C1C=Cc2ccccc21. The van der Waals surface area contributed by atoms with Crippen molar-refractivity contribution >= 4 is 18.1 Å². The zero-order chi connectivity index (χ0) is 15.1. The molecule has 0 nitrogen and oxygen atoms in total. The van der Waals surface area contributed by atoms with Crippen molar-refractivity contribution in [2.45, 2.75) is 24.9 Å². The molecule has 2 unspecified atom stereocenters. The Labute approximate surface area is 145 Å². The van der Waals surface area contributed by atoms with Gasteiger partial charge in [0.2, 0.25) is 0 Å². The number of allylic oxidation sites excluding steroid dienone is 2. The Morgan fingerprint density at radius 2 is 1.55 bits per heavy atom. The van der Waals surface area contributed by atoms with Gasteiger partial charge in [-0.05, 0) is 0 Å². The van der Waals surface area contributed by atoms with Crippen LogP contribution >= 0.6 is 0 Å². The Balaban J connectivity index is 1.79. The summed E-state index contributed by atoms with van der Waals surface area (Å²) in [6.07, 6.45) is 7.33. The molecule has 0 N–H and O–H groups in total. The predicted molar refractivity (Wildman–Crippen MR) is 94.3 cm³/mol. The summed E-state index contributed by atoms with van der Waals surface area (Å²) in [5.41, 5.74) is 6.00. The van der Waals surface area contributed by atoms with Crippen LogP contribution in [0.1, 0.15) is 34.1 Å². The first-order valence-corrected chi connectivity index (χ1v) is 16.5. The average molecular weight is 380 g/mol. The number of benzene rings is 2. The van der Waals surface area contributed by atoms with E-state index < -0.39 is 5.92 Å². The molecule has 2 aromatic rings. The molecular formula is C20H20SiZr. The Morgan fingerprint density at radius 1 is 0.864 bits per heavy atom. The van der Waals surface area contributed by atoms with Crippen molar-refractivity contribution in [2.24, 2.45) is 0 Å². The van der Waals surface area contributed by atoms with Gasteiger partial charge < -0.3 is 0 Å². The van der Waals surface area contributed by atoms with Gasteiger partial charge in [-0.3, -0.25) is 0 Å². The van der Waals surface area contributed by atoms with Crippen molar-refractivity contribution in [1.82, 2.24) is 0 Å². The van der Waals surface area contributed by atoms with Crippen molar-refractivity contribution in [3.05, 3.63) is 80.1 Å². The van der Waals surface area contributed by atoms with Crippen LogP contribution in [-0.4, -0.2) is 5.92 Å². The minimum atomic E-state index is -0.445. The first-order chi connectivity index (χ1) is 10.7. The average Bonchev–Trinajstić information content (AvgIpc) is 3.07. The fraction of sp³-hybridized carbons (Fsp3) is 0.200. The van der Waals surface area contributed by atoms with Gasteiger partial charge in [0.1, 0.15) is 0 Å². The van der Waals surface area contributed by atoms with Crippen LogP contribution in [0, 0.1) is 0 Å². The summed E-state index contributed by atoms with van der Waals surface area (Å²) < 4.78 is 1.83. The molecule has 2 aromatic carbocycles. The van der Waals surface area contributed by atoms with Crippen molar-refractivity contribution in [2.75, 3.05) is 0 Å². The van der Waals surface area contributed by atoms with E-state index in [0.29, 0.717) is 11.8 Å². The first kappa shape index (κ1) is 14.6. The fourth-order valence-corrected chi connectivity index (χ4v) is 12.8. The van der Waals surface area contributed by atoms with Gasteiger partial charge in [0.25, 0.3) is 0 Å². The molecular weight excluding hydrogens is 360 g/mol. The zero-order valence-electron chi connectivity index (χ0n) is 13.1. The number of fused-ring (bicyclic) bond motifs is 2. The quantitative estimate of drug-likeness (QED) is 0.658. The van der Waals surface area contributed by atoms with E-state index in [1.165, 1.54) is 16.7 Å². The molecule has 4 rings (SSSR count). The topological polar surface area (TPSA) is 0 Å². The van der Waals surface area contributed by atoms with Gasteiger partial charge in [0.15, 0.2) is 0 Å². The van der Waals surface area contributed by atoms with E-state index in [0.717, 1.165) is 0 Å². The first-order valence-electron chi connectivity index (χ1n) is 8.08. The third-order valence-electron chi connectivity index (χ3n) is 4.63. The van der Waals surface area contributed by atoms with Gasteiger partial charge in [-0.2, -0.15) is 0 Å². The number of rotatable bonds is 3. The van der Waals surface area contributed by atoms with Gasteiger partial charge in [0.05, 0.1) is 0 Å². The molecule has 0 spiro atoms. The van der Waals surface area contributed by atoms with E-state index in [1.54, 1.807) is 5.56 Å². The van der Waals surface area contributed by atoms with Crippen LogP contribution in [0.4, 0.5) is 0 Å². The summed E-state index contributed by atoms with van der Waals surface area (Å²) in [5.74, 6) is 0.733. The molecule has 0 aliphatic heterocycles. The fourth-order valence-electron chi connectivity index (χ4n) is 3.77. The Bertz CT molecular complexity index is 773. The summed E-state index contributed by atoms with van der Waals surface area (Å²) >= 11 is -0.366. The third kappa shape index (κ3) is 2.47. The molecule has 0 heterocycles. The molecule has 0 saturated heterocycles. The summed E-state index contributed by atoms with van der Waals surface area (Å²) in [4.78, 5) is 0. The summed E-state index contributed by atoms with van der Waals surface area (Å²) in [6.45, 7) is 5.07. The van der Waals surface area contributed by atoms with Gasteiger partial charge in [-0.25, -0.2) is 0 Å². The van der Waals surface area contributed by atoms with Gasteiger partial charge in [-0.1, -0.05) is 0 Å². The molecule has 0 saturated carbocycles. The zero-order valence-corrected chi connectivity index (χ0v) is 16.7. The summed E-state index contributed by atoms with van der Waals surface area (Å²) in [6, 6.07) is 18.0. The molecule has 0 amide bonds. The van der Waals surface area contributed by atoms with Crippen molar-refractivity contribution in [3.8, 4) is 0 Å². The van der Waals surface area contributed by atoms with E-state index >= 15 is 0 Å². The molecule has 2 aliphatic rings. The van der Waals surface area contributed by atoms with Gasteiger partial charge >= 0.3 is 146 Å². The molecule has 0 bridgehead atoms.